The highest BCUT2D eigenvalue weighted by Gasteiger charge is 2.26. The fourth-order valence-electron chi connectivity index (χ4n) is 7.71. The number of nitrogens with one attached hydrogen (secondary N) is 2. The third kappa shape index (κ3) is 9.01. The number of nitrogens with zero attached hydrogens (tertiary/aromatic N) is 4. The van der Waals surface area contributed by atoms with E-state index in [-0.39, 0.29) is 0 Å². The molecule has 0 saturated heterocycles. The quantitative estimate of drug-likeness (QED) is 0.151. The van der Waals surface area contributed by atoms with Gasteiger partial charge in [0, 0.05) is 41.9 Å². The van der Waals surface area contributed by atoms with Crippen LogP contribution in [0.4, 0.5) is 0 Å². The third-order valence-electron chi connectivity index (χ3n) is 10.7. The summed E-state index contributed by atoms with van der Waals surface area (Å²) in [5.41, 5.74) is 13.4. The van der Waals surface area contributed by atoms with Crippen molar-refractivity contribution in [2.75, 3.05) is 7.05 Å². The van der Waals surface area contributed by atoms with E-state index in [2.05, 4.69) is 97.8 Å². The average molecular weight is 685 g/mol. The number of rotatable bonds is 18. The maximum absolute atomic E-state index is 5.42. The largest absolute Gasteiger partial charge is 0.355 e. The number of allylic oxidation sites excluding steroid dienone is 10. The van der Waals surface area contributed by atoms with Crippen molar-refractivity contribution in [3.63, 3.8) is 0 Å². The van der Waals surface area contributed by atoms with Gasteiger partial charge in [-0.3, -0.25) is 0 Å². The molecule has 5 aliphatic rings. The first kappa shape index (κ1) is 36.6. The number of fused-ring (bicyclic) bond motifs is 5. The summed E-state index contributed by atoms with van der Waals surface area (Å²) in [6.45, 7) is 6.85. The van der Waals surface area contributed by atoms with Crippen molar-refractivity contribution >= 4 is 28.3 Å². The van der Waals surface area contributed by atoms with Crippen molar-refractivity contribution in [3.05, 3.63) is 106 Å². The Morgan fingerprint density at radius 1 is 0.510 bits per heavy atom. The highest BCUT2D eigenvalue weighted by Crippen LogP contribution is 2.36. The van der Waals surface area contributed by atoms with Crippen molar-refractivity contribution in [1.29, 1.82) is 0 Å². The smallest absolute Gasteiger partial charge is 0.121 e. The van der Waals surface area contributed by atoms with E-state index in [4.69, 9.17) is 15.0 Å². The fraction of sp³-hybridized carbons (Fsp3) is 0.489. The zero-order valence-corrected chi connectivity index (χ0v) is 31.8. The van der Waals surface area contributed by atoms with Crippen molar-refractivity contribution in [3.8, 4) is 0 Å². The van der Waals surface area contributed by atoms with E-state index in [0.717, 1.165) is 95.5 Å². The second-order valence-electron chi connectivity index (χ2n) is 14.7. The summed E-state index contributed by atoms with van der Waals surface area (Å²) < 4.78 is 0. The van der Waals surface area contributed by atoms with E-state index in [1.807, 2.05) is 6.20 Å². The molecule has 1 aromatic heterocycles. The normalized spacial score (nSPS) is 19.3. The molecule has 2 N–H and O–H groups in total. The molecule has 6 rings (SSSR count). The van der Waals surface area contributed by atoms with Gasteiger partial charge < -0.3 is 15.2 Å². The van der Waals surface area contributed by atoms with Crippen LogP contribution in [0, 0.1) is 0 Å². The summed E-state index contributed by atoms with van der Waals surface area (Å²) in [6.07, 6.45) is 39.1. The molecule has 6 heteroatoms. The number of hydrogen-bond donors (Lipinski definition) is 2. The molecule has 0 radical (unpaired) electrons. The lowest BCUT2D eigenvalue weighted by atomic mass is 9.99. The highest BCUT2D eigenvalue weighted by atomic mass is 15.3. The van der Waals surface area contributed by atoms with Gasteiger partial charge in [-0.25, -0.2) is 15.0 Å². The third-order valence-corrected chi connectivity index (χ3v) is 10.7. The topological polar surface area (TPSA) is 68.1 Å². The predicted molar refractivity (Wildman–Crippen MR) is 219 cm³/mol. The highest BCUT2D eigenvalue weighted by molar-refractivity contribution is 6.31. The molecule has 0 spiro atoms. The van der Waals surface area contributed by atoms with Gasteiger partial charge in [-0.05, 0) is 87.1 Å². The molecule has 8 bridgehead atoms. The van der Waals surface area contributed by atoms with Crippen LogP contribution in [0.15, 0.2) is 110 Å². The number of H-pyrrole nitrogens is 1. The molecule has 5 aliphatic heterocycles. The molecule has 1 aromatic rings. The number of unbranched alkanes of at least 4 members (excludes halogenated alkanes) is 12. The van der Waals surface area contributed by atoms with Gasteiger partial charge in [0.05, 0.1) is 45.5 Å². The van der Waals surface area contributed by atoms with E-state index in [1.165, 1.54) is 93.8 Å². The van der Waals surface area contributed by atoms with Crippen LogP contribution in [0.1, 0.15) is 148 Å². The molecular formula is C45H60N6. The Balaban J connectivity index is 1.48. The maximum atomic E-state index is 5.42. The first-order valence-electron chi connectivity index (χ1n) is 20.2. The van der Waals surface area contributed by atoms with E-state index in [0.29, 0.717) is 0 Å². The predicted octanol–water partition coefficient (Wildman–Crippen LogP) is 12.0. The minimum Gasteiger partial charge on any atom is -0.355 e. The molecule has 0 saturated carbocycles. The monoisotopic (exact) mass is 684 g/mol. The number of aliphatic imine (C=N–C) groups is 3. The molecule has 6 heterocycles. The lowest BCUT2D eigenvalue weighted by Gasteiger charge is -2.17. The van der Waals surface area contributed by atoms with Gasteiger partial charge in [-0.2, -0.15) is 0 Å². The Bertz CT molecular complexity index is 1760. The zero-order chi connectivity index (χ0) is 35.4. The average Bonchev–Trinajstić information content (AvgIpc) is 3.99. The molecule has 0 unspecified atom stereocenters. The number of aromatic amines is 1. The molecule has 6 nitrogen and oxygen atoms in total. The Morgan fingerprint density at radius 3 is 1.47 bits per heavy atom. The van der Waals surface area contributed by atoms with Crippen LogP contribution in [-0.4, -0.2) is 34.1 Å². The molecule has 0 aliphatic carbocycles. The first-order valence-corrected chi connectivity index (χ1v) is 20.2. The van der Waals surface area contributed by atoms with E-state index in [9.17, 15) is 0 Å². The van der Waals surface area contributed by atoms with Crippen LogP contribution in [0.25, 0.3) is 11.1 Å². The number of hydrogen-bond acceptors (Lipinski definition) is 5. The molecular weight excluding hydrogens is 625 g/mol. The van der Waals surface area contributed by atoms with Crippen LogP contribution >= 0.6 is 0 Å². The maximum Gasteiger partial charge on any atom is 0.121 e. The van der Waals surface area contributed by atoms with Crippen molar-refractivity contribution in [2.45, 2.75) is 136 Å². The minimum atomic E-state index is 0.966. The van der Waals surface area contributed by atoms with Gasteiger partial charge >= 0.3 is 0 Å². The van der Waals surface area contributed by atoms with Gasteiger partial charge in [0.15, 0.2) is 0 Å². The zero-order valence-electron chi connectivity index (χ0n) is 31.8. The van der Waals surface area contributed by atoms with Crippen LogP contribution in [0.2, 0.25) is 0 Å². The van der Waals surface area contributed by atoms with Gasteiger partial charge in [-0.1, -0.05) is 97.8 Å². The second-order valence-corrected chi connectivity index (χ2v) is 14.7. The van der Waals surface area contributed by atoms with Crippen molar-refractivity contribution in [1.82, 2.24) is 15.2 Å². The van der Waals surface area contributed by atoms with E-state index in [1.54, 1.807) is 0 Å². The minimum absolute atomic E-state index is 0.966. The molecule has 51 heavy (non-hydrogen) atoms. The van der Waals surface area contributed by atoms with E-state index < -0.39 is 0 Å². The summed E-state index contributed by atoms with van der Waals surface area (Å²) in [4.78, 5) is 22.2. The van der Waals surface area contributed by atoms with Crippen LogP contribution in [0.3, 0.4) is 0 Å². The van der Waals surface area contributed by atoms with Crippen LogP contribution in [0.5, 0.6) is 0 Å². The van der Waals surface area contributed by atoms with Gasteiger partial charge in [0.2, 0.25) is 0 Å². The Hall–Kier alpha value is -4.19. The molecule has 0 atom stereocenters. The second kappa shape index (κ2) is 18.3. The molecule has 0 aromatic carbocycles. The lowest BCUT2D eigenvalue weighted by molar-refractivity contribution is 0.574. The summed E-state index contributed by atoms with van der Waals surface area (Å²) in [7, 11) is 2.09. The van der Waals surface area contributed by atoms with E-state index >= 15 is 0 Å². The van der Waals surface area contributed by atoms with Gasteiger partial charge in [0.1, 0.15) is 5.82 Å². The lowest BCUT2D eigenvalue weighted by Crippen LogP contribution is -2.19. The SMILES string of the molecule is CCCCCCCC1=C2C=CC(=N2)C(CCCCCCC)=C2C=CC(=N2)/C(=C2\NC=CN2C)c2ccc([nH]2)C(CCCCCCC)=C2C=CC1=N2. The summed E-state index contributed by atoms with van der Waals surface area (Å²) in [6, 6.07) is 4.49. The summed E-state index contributed by atoms with van der Waals surface area (Å²) in [5.74, 6) is 1.03. The van der Waals surface area contributed by atoms with Crippen LogP contribution in [-0.2, 0) is 0 Å². The first-order chi connectivity index (χ1) is 25.1. The molecule has 0 amide bonds. The van der Waals surface area contributed by atoms with Crippen molar-refractivity contribution < 1.29 is 0 Å². The number of aromatic nitrogens is 1. The summed E-state index contributed by atoms with van der Waals surface area (Å²) in [5, 5.41) is 3.51. The van der Waals surface area contributed by atoms with Gasteiger partial charge in [0.25, 0.3) is 0 Å². The Labute approximate surface area is 307 Å². The van der Waals surface area contributed by atoms with Gasteiger partial charge in [-0.15, -0.1) is 0 Å². The fourth-order valence-corrected chi connectivity index (χ4v) is 7.71. The Kier molecular flexibility index (Phi) is 13.2. The summed E-state index contributed by atoms with van der Waals surface area (Å²) >= 11 is 0. The standard InChI is InChI=1S/C45H60N6/c1-5-8-11-14-17-20-33-36-23-25-38(47-36)34(21-18-15-12-9-6-2)40-27-29-42(49-40)44(45-46-31-32-51(45)4)43-30-28-41(50-43)35(22-19-16-13-10-7-3)39-26-24-37(33)48-39/h23-32,46,49H,5-22H2,1-4H3/b37-33?,38-34?,41-35?,45-44+. The molecule has 270 valence electrons. The Morgan fingerprint density at radius 2 is 0.961 bits per heavy atom. The van der Waals surface area contributed by atoms with Crippen LogP contribution < -0.4 is 5.32 Å². The molecule has 0 fully saturated rings. The van der Waals surface area contributed by atoms with Crippen molar-refractivity contribution in [2.24, 2.45) is 15.0 Å².